The lowest BCUT2D eigenvalue weighted by Crippen LogP contribution is -2.14. The van der Waals surface area contributed by atoms with Gasteiger partial charge in [-0.2, -0.15) is 0 Å². The predicted octanol–water partition coefficient (Wildman–Crippen LogP) is 0.813. The third-order valence-electron chi connectivity index (χ3n) is 1.68. The summed E-state index contributed by atoms with van der Waals surface area (Å²) in [6.45, 7) is -0.501. The Morgan fingerprint density at radius 2 is 2.29 bits per heavy atom. The standard InChI is InChI=1S/C8H9F2NO3/c1-14-6-5(7(9)10)2-4(3-12)11-8(6)13/h2,7,12H,3H2,1H3,(H,11,13). The summed E-state index contributed by atoms with van der Waals surface area (Å²) in [6, 6.07) is 1.00. The van der Waals surface area contributed by atoms with Gasteiger partial charge < -0.3 is 14.8 Å². The van der Waals surface area contributed by atoms with Gasteiger partial charge in [-0.05, 0) is 6.07 Å². The Balaban J connectivity index is 3.36. The number of nitrogens with one attached hydrogen (secondary N) is 1. The number of aliphatic hydroxyl groups is 1. The molecule has 1 aromatic heterocycles. The number of aliphatic hydroxyl groups excluding tert-OH is 1. The minimum absolute atomic E-state index is 0.0334. The van der Waals surface area contributed by atoms with Gasteiger partial charge in [0.05, 0.1) is 19.3 Å². The first kappa shape index (κ1) is 10.6. The maximum absolute atomic E-state index is 12.4. The van der Waals surface area contributed by atoms with E-state index in [1.807, 2.05) is 0 Å². The van der Waals surface area contributed by atoms with Crippen molar-refractivity contribution < 1.29 is 18.6 Å². The summed E-state index contributed by atoms with van der Waals surface area (Å²) < 4.78 is 29.3. The van der Waals surface area contributed by atoms with E-state index in [2.05, 4.69) is 9.72 Å². The van der Waals surface area contributed by atoms with E-state index in [-0.39, 0.29) is 5.69 Å². The zero-order valence-corrected chi connectivity index (χ0v) is 7.38. The number of hydrogen-bond acceptors (Lipinski definition) is 3. The second-order valence-corrected chi connectivity index (χ2v) is 2.57. The van der Waals surface area contributed by atoms with Gasteiger partial charge in [-0.3, -0.25) is 4.79 Å². The van der Waals surface area contributed by atoms with Crippen molar-refractivity contribution in [2.24, 2.45) is 0 Å². The molecule has 0 saturated carbocycles. The minimum Gasteiger partial charge on any atom is -0.491 e. The number of halogens is 2. The number of alkyl halides is 2. The van der Waals surface area contributed by atoms with Crippen LogP contribution in [0.15, 0.2) is 10.9 Å². The molecule has 78 valence electrons. The van der Waals surface area contributed by atoms with Crippen LogP contribution < -0.4 is 10.3 Å². The molecule has 2 N–H and O–H groups in total. The Bertz CT molecular complexity index is 375. The molecular formula is C8H9F2NO3. The lowest BCUT2D eigenvalue weighted by atomic mass is 10.2. The molecule has 0 unspecified atom stereocenters. The van der Waals surface area contributed by atoms with Gasteiger partial charge in [0.25, 0.3) is 12.0 Å². The van der Waals surface area contributed by atoms with Gasteiger partial charge in [-0.15, -0.1) is 0 Å². The van der Waals surface area contributed by atoms with Crippen LogP contribution in [-0.2, 0) is 6.61 Å². The monoisotopic (exact) mass is 205 g/mol. The average Bonchev–Trinajstić information content (AvgIpc) is 2.16. The molecule has 4 nitrogen and oxygen atoms in total. The molecule has 0 amide bonds. The van der Waals surface area contributed by atoms with E-state index >= 15 is 0 Å². The summed E-state index contributed by atoms with van der Waals surface area (Å²) in [4.78, 5) is 13.3. The Labute approximate surface area is 78.1 Å². The fourth-order valence-corrected chi connectivity index (χ4v) is 1.08. The summed E-state index contributed by atoms with van der Waals surface area (Å²) in [5, 5.41) is 8.68. The number of hydrogen-bond donors (Lipinski definition) is 2. The van der Waals surface area contributed by atoms with Crippen LogP contribution in [0, 0.1) is 0 Å². The van der Waals surface area contributed by atoms with Crippen LogP contribution in [0.25, 0.3) is 0 Å². The lowest BCUT2D eigenvalue weighted by molar-refractivity contribution is 0.146. The molecular weight excluding hydrogens is 196 g/mol. The SMILES string of the molecule is COc1c(C(F)F)cc(CO)[nH]c1=O. The Hall–Kier alpha value is -1.43. The van der Waals surface area contributed by atoms with E-state index in [0.717, 1.165) is 13.2 Å². The van der Waals surface area contributed by atoms with Gasteiger partial charge in [0.2, 0.25) is 0 Å². The zero-order chi connectivity index (χ0) is 10.7. The van der Waals surface area contributed by atoms with E-state index in [1.165, 1.54) is 0 Å². The lowest BCUT2D eigenvalue weighted by Gasteiger charge is -2.07. The molecule has 0 spiro atoms. The van der Waals surface area contributed by atoms with Crippen molar-refractivity contribution >= 4 is 0 Å². The second-order valence-electron chi connectivity index (χ2n) is 2.57. The Kier molecular flexibility index (Phi) is 3.19. The number of pyridine rings is 1. The third-order valence-corrected chi connectivity index (χ3v) is 1.68. The zero-order valence-electron chi connectivity index (χ0n) is 7.38. The normalized spacial score (nSPS) is 10.6. The average molecular weight is 205 g/mol. The van der Waals surface area contributed by atoms with Crippen LogP contribution in [0.1, 0.15) is 17.7 Å². The Morgan fingerprint density at radius 1 is 1.64 bits per heavy atom. The molecule has 0 aromatic carbocycles. The highest BCUT2D eigenvalue weighted by atomic mass is 19.3. The summed E-state index contributed by atoms with van der Waals surface area (Å²) in [7, 11) is 1.13. The Morgan fingerprint density at radius 3 is 2.71 bits per heavy atom. The van der Waals surface area contributed by atoms with Gasteiger partial charge >= 0.3 is 0 Å². The number of ether oxygens (including phenoxy) is 1. The number of methoxy groups -OCH3 is 1. The predicted molar refractivity (Wildman–Crippen MR) is 44.5 cm³/mol. The van der Waals surface area contributed by atoms with Gasteiger partial charge in [0, 0.05) is 5.69 Å². The number of rotatable bonds is 3. The summed E-state index contributed by atoms with van der Waals surface area (Å²) in [6.07, 6.45) is -2.81. The van der Waals surface area contributed by atoms with E-state index < -0.39 is 29.9 Å². The molecule has 0 saturated heterocycles. The molecule has 1 aromatic rings. The summed E-state index contributed by atoms with van der Waals surface area (Å²) >= 11 is 0. The minimum atomic E-state index is -2.81. The smallest absolute Gasteiger partial charge is 0.291 e. The second kappa shape index (κ2) is 4.19. The highest BCUT2D eigenvalue weighted by Gasteiger charge is 2.17. The van der Waals surface area contributed by atoms with Crippen LogP contribution >= 0.6 is 0 Å². The maximum atomic E-state index is 12.4. The fraction of sp³-hybridized carbons (Fsp3) is 0.375. The van der Waals surface area contributed by atoms with Gasteiger partial charge in [0.15, 0.2) is 5.75 Å². The van der Waals surface area contributed by atoms with Crippen LogP contribution in [0.3, 0.4) is 0 Å². The molecule has 0 atom stereocenters. The first-order chi connectivity index (χ1) is 6.60. The highest BCUT2D eigenvalue weighted by Crippen LogP contribution is 2.25. The molecule has 6 heteroatoms. The van der Waals surface area contributed by atoms with Crippen molar-refractivity contribution in [2.45, 2.75) is 13.0 Å². The van der Waals surface area contributed by atoms with Crippen LogP contribution in [-0.4, -0.2) is 17.2 Å². The molecule has 0 aliphatic rings. The van der Waals surface area contributed by atoms with Crippen LogP contribution in [0.4, 0.5) is 8.78 Å². The van der Waals surface area contributed by atoms with Gasteiger partial charge in [-0.25, -0.2) is 8.78 Å². The van der Waals surface area contributed by atoms with Gasteiger partial charge in [0.1, 0.15) is 0 Å². The third kappa shape index (κ3) is 1.90. The van der Waals surface area contributed by atoms with E-state index in [0.29, 0.717) is 0 Å². The van der Waals surface area contributed by atoms with Crippen molar-refractivity contribution in [1.82, 2.24) is 4.98 Å². The molecule has 0 aliphatic heterocycles. The fourth-order valence-electron chi connectivity index (χ4n) is 1.08. The maximum Gasteiger partial charge on any atom is 0.291 e. The van der Waals surface area contributed by atoms with E-state index in [9.17, 15) is 13.6 Å². The van der Waals surface area contributed by atoms with Crippen LogP contribution in [0.5, 0.6) is 5.75 Å². The molecule has 0 radical (unpaired) electrons. The molecule has 0 aliphatic carbocycles. The number of aromatic amines is 1. The summed E-state index contributed by atoms with van der Waals surface area (Å²) in [5.74, 6) is -0.419. The quantitative estimate of drug-likeness (QED) is 0.767. The van der Waals surface area contributed by atoms with Crippen molar-refractivity contribution in [3.8, 4) is 5.75 Å². The van der Waals surface area contributed by atoms with Gasteiger partial charge in [-0.1, -0.05) is 0 Å². The van der Waals surface area contributed by atoms with E-state index in [4.69, 9.17) is 5.11 Å². The first-order valence-electron chi connectivity index (χ1n) is 3.79. The summed E-state index contributed by atoms with van der Waals surface area (Å²) in [5.41, 5.74) is -1.25. The molecule has 1 heterocycles. The van der Waals surface area contributed by atoms with E-state index in [1.54, 1.807) is 0 Å². The van der Waals surface area contributed by atoms with Crippen molar-refractivity contribution in [3.05, 3.63) is 27.7 Å². The number of aromatic nitrogens is 1. The molecule has 1 rings (SSSR count). The van der Waals surface area contributed by atoms with Crippen LogP contribution in [0.2, 0.25) is 0 Å². The molecule has 0 bridgehead atoms. The topological polar surface area (TPSA) is 62.3 Å². The molecule has 14 heavy (non-hydrogen) atoms. The van der Waals surface area contributed by atoms with Crippen molar-refractivity contribution in [3.63, 3.8) is 0 Å². The first-order valence-corrected chi connectivity index (χ1v) is 3.79. The van der Waals surface area contributed by atoms with Crippen molar-refractivity contribution in [1.29, 1.82) is 0 Å². The highest BCUT2D eigenvalue weighted by molar-refractivity contribution is 5.33. The molecule has 0 fully saturated rings. The van der Waals surface area contributed by atoms with Crippen molar-refractivity contribution in [2.75, 3.05) is 7.11 Å². The number of H-pyrrole nitrogens is 1. The largest absolute Gasteiger partial charge is 0.491 e.